The quantitative estimate of drug-likeness (QED) is 0.684. The summed E-state index contributed by atoms with van der Waals surface area (Å²) >= 11 is 0. The minimum absolute atomic E-state index is 0.204. The lowest BCUT2D eigenvalue weighted by atomic mass is 10.0. The summed E-state index contributed by atoms with van der Waals surface area (Å²) in [5.41, 5.74) is 1.17. The molecule has 0 fully saturated rings. The molecular weight excluding hydrogens is 224 g/mol. The first-order valence-electron chi connectivity index (χ1n) is 5.63. The van der Waals surface area contributed by atoms with Gasteiger partial charge in [0.2, 0.25) is 0 Å². The van der Waals surface area contributed by atoms with Crippen molar-refractivity contribution in [3.8, 4) is 6.07 Å². The summed E-state index contributed by atoms with van der Waals surface area (Å²) in [6, 6.07) is 16.3. The smallest absolute Gasteiger partial charge is 0.247 e. The van der Waals surface area contributed by atoms with Gasteiger partial charge < -0.3 is 0 Å². The third-order valence-electron chi connectivity index (χ3n) is 2.85. The average molecular weight is 234 g/mol. The predicted octanol–water partition coefficient (Wildman–Crippen LogP) is 2.35. The molecule has 0 aliphatic rings. The predicted molar refractivity (Wildman–Crippen MR) is 67.8 cm³/mol. The Bertz CT molecular complexity index is 731. The van der Waals surface area contributed by atoms with Gasteiger partial charge in [0.05, 0.1) is 6.54 Å². The minimum Gasteiger partial charge on any atom is -0.247 e. The second kappa shape index (κ2) is 4.30. The standard InChI is InChI=1S/C14H10N4/c15-8-14-16-10-18(17-14)9-12-6-3-5-11-4-1-2-7-13(11)12/h1-7,10H,9H2. The normalized spacial score (nSPS) is 10.4. The summed E-state index contributed by atoms with van der Waals surface area (Å²) in [6.45, 7) is 0.621. The lowest BCUT2D eigenvalue weighted by Gasteiger charge is -2.05. The average Bonchev–Trinajstić information content (AvgIpc) is 2.87. The van der Waals surface area contributed by atoms with Gasteiger partial charge in [0.25, 0.3) is 5.82 Å². The molecule has 4 heteroatoms. The fourth-order valence-corrected chi connectivity index (χ4v) is 2.03. The molecule has 0 amide bonds. The topological polar surface area (TPSA) is 54.5 Å². The first-order valence-corrected chi connectivity index (χ1v) is 5.63. The first-order chi connectivity index (χ1) is 8.86. The van der Waals surface area contributed by atoms with E-state index in [1.165, 1.54) is 16.3 Å². The summed E-state index contributed by atoms with van der Waals surface area (Å²) in [5, 5.41) is 15.2. The van der Waals surface area contributed by atoms with Crippen LogP contribution in [-0.4, -0.2) is 14.8 Å². The van der Waals surface area contributed by atoms with Crippen LogP contribution in [-0.2, 0) is 6.54 Å². The third-order valence-corrected chi connectivity index (χ3v) is 2.85. The Labute approximate surface area is 104 Å². The molecule has 1 aromatic heterocycles. The molecule has 1 heterocycles. The third kappa shape index (κ3) is 1.82. The molecule has 3 rings (SSSR count). The van der Waals surface area contributed by atoms with Gasteiger partial charge in [-0.15, -0.1) is 5.10 Å². The van der Waals surface area contributed by atoms with Crippen molar-refractivity contribution in [2.45, 2.75) is 6.54 Å². The molecule has 18 heavy (non-hydrogen) atoms. The van der Waals surface area contributed by atoms with Gasteiger partial charge in [-0.25, -0.2) is 9.67 Å². The molecule has 0 aliphatic carbocycles. The van der Waals surface area contributed by atoms with Gasteiger partial charge in [-0.05, 0) is 16.3 Å². The molecule has 0 saturated carbocycles. The van der Waals surface area contributed by atoms with Crippen molar-refractivity contribution in [1.29, 1.82) is 5.26 Å². The molecule has 0 radical (unpaired) electrons. The van der Waals surface area contributed by atoms with Crippen LogP contribution in [0.4, 0.5) is 0 Å². The zero-order chi connectivity index (χ0) is 12.4. The zero-order valence-corrected chi connectivity index (χ0v) is 9.61. The van der Waals surface area contributed by atoms with Crippen molar-refractivity contribution < 1.29 is 0 Å². The maximum absolute atomic E-state index is 8.70. The molecule has 4 nitrogen and oxygen atoms in total. The van der Waals surface area contributed by atoms with Gasteiger partial charge in [-0.3, -0.25) is 0 Å². The Morgan fingerprint density at radius 1 is 1.11 bits per heavy atom. The summed E-state index contributed by atoms with van der Waals surface area (Å²) in [7, 11) is 0. The van der Waals surface area contributed by atoms with Crippen LogP contribution in [0, 0.1) is 11.3 Å². The Morgan fingerprint density at radius 3 is 2.78 bits per heavy atom. The van der Waals surface area contributed by atoms with E-state index < -0.39 is 0 Å². The maximum atomic E-state index is 8.70. The van der Waals surface area contributed by atoms with E-state index in [-0.39, 0.29) is 5.82 Å². The van der Waals surface area contributed by atoms with Crippen molar-refractivity contribution in [2.75, 3.05) is 0 Å². The highest BCUT2D eigenvalue weighted by atomic mass is 15.3. The van der Waals surface area contributed by atoms with E-state index in [2.05, 4.69) is 34.3 Å². The van der Waals surface area contributed by atoms with Crippen LogP contribution in [0.1, 0.15) is 11.4 Å². The second-order valence-corrected chi connectivity index (χ2v) is 4.02. The summed E-state index contributed by atoms with van der Waals surface area (Å²) in [5.74, 6) is 0.204. The molecular formula is C14H10N4. The molecule has 0 aliphatic heterocycles. The molecule has 0 spiro atoms. The minimum atomic E-state index is 0.204. The van der Waals surface area contributed by atoms with Gasteiger partial charge in [-0.2, -0.15) is 5.26 Å². The largest absolute Gasteiger partial charge is 0.252 e. The fraction of sp³-hybridized carbons (Fsp3) is 0.0714. The van der Waals surface area contributed by atoms with Crippen LogP contribution in [0.2, 0.25) is 0 Å². The van der Waals surface area contributed by atoms with Crippen LogP contribution in [0.5, 0.6) is 0 Å². The van der Waals surface area contributed by atoms with Crippen LogP contribution in [0.15, 0.2) is 48.8 Å². The summed E-state index contributed by atoms with van der Waals surface area (Å²) in [6.07, 6.45) is 1.58. The highest BCUT2D eigenvalue weighted by molar-refractivity contribution is 5.85. The van der Waals surface area contributed by atoms with Crippen LogP contribution >= 0.6 is 0 Å². The monoisotopic (exact) mass is 234 g/mol. The molecule has 2 aromatic carbocycles. The Kier molecular flexibility index (Phi) is 2.50. The zero-order valence-electron chi connectivity index (χ0n) is 9.61. The summed E-state index contributed by atoms with van der Waals surface area (Å²) in [4.78, 5) is 3.90. The number of nitrogens with zero attached hydrogens (tertiary/aromatic N) is 4. The SMILES string of the molecule is N#Cc1ncn(Cc2cccc3ccccc23)n1. The van der Waals surface area contributed by atoms with Crippen molar-refractivity contribution in [2.24, 2.45) is 0 Å². The van der Waals surface area contributed by atoms with E-state index in [0.717, 1.165) is 0 Å². The van der Waals surface area contributed by atoms with E-state index in [1.54, 1.807) is 11.0 Å². The Morgan fingerprint density at radius 2 is 1.94 bits per heavy atom. The van der Waals surface area contributed by atoms with Gasteiger partial charge in [-0.1, -0.05) is 42.5 Å². The number of hydrogen-bond donors (Lipinski definition) is 0. The highest BCUT2D eigenvalue weighted by Gasteiger charge is 2.03. The number of fused-ring (bicyclic) bond motifs is 1. The van der Waals surface area contributed by atoms with E-state index in [4.69, 9.17) is 5.26 Å². The van der Waals surface area contributed by atoms with Crippen LogP contribution in [0.25, 0.3) is 10.8 Å². The van der Waals surface area contributed by atoms with Crippen molar-refractivity contribution in [3.05, 3.63) is 60.2 Å². The lowest BCUT2D eigenvalue weighted by molar-refractivity contribution is 0.685. The van der Waals surface area contributed by atoms with Gasteiger partial charge in [0.15, 0.2) is 0 Å². The van der Waals surface area contributed by atoms with E-state index in [0.29, 0.717) is 6.54 Å². The highest BCUT2D eigenvalue weighted by Crippen LogP contribution is 2.18. The molecule has 0 atom stereocenters. The Hall–Kier alpha value is -2.67. The van der Waals surface area contributed by atoms with Crippen molar-refractivity contribution >= 4 is 10.8 Å². The van der Waals surface area contributed by atoms with E-state index in [1.807, 2.05) is 24.3 Å². The first kappa shape index (κ1) is 10.5. The molecule has 86 valence electrons. The van der Waals surface area contributed by atoms with Crippen LogP contribution in [0.3, 0.4) is 0 Å². The molecule has 0 unspecified atom stereocenters. The van der Waals surface area contributed by atoms with E-state index >= 15 is 0 Å². The second-order valence-electron chi connectivity index (χ2n) is 4.02. The maximum Gasteiger partial charge on any atom is 0.252 e. The van der Waals surface area contributed by atoms with E-state index in [9.17, 15) is 0 Å². The fourth-order valence-electron chi connectivity index (χ4n) is 2.03. The van der Waals surface area contributed by atoms with Gasteiger partial charge in [0, 0.05) is 0 Å². The molecule has 0 N–H and O–H groups in total. The van der Waals surface area contributed by atoms with Crippen LogP contribution < -0.4 is 0 Å². The number of benzene rings is 2. The number of nitriles is 1. The van der Waals surface area contributed by atoms with Crippen molar-refractivity contribution in [1.82, 2.24) is 14.8 Å². The molecule has 3 aromatic rings. The molecule has 0 bridgehead atoms. The van der Waals surface area contributed by atoms with Gasteiger partial charge in [0.1, 0.15) is 12.4 Å². The lowest BCUT2D eigenvalue weighted by Crippen LogP contribution is -2.01. The number of rotatable bonds is 2. The number of hydrogen-bond acceptors (Lipinski definition) is 3. The number of aromatic nitrogens is 3. The Balaban J connectivity index is 2.02. The molecule has 0 saturated heterocycles. The van der Waals surface area contributed by atoms with Gasteiger partial charge >= 0.3 is 0 Å². The summed E-state index contributed by atoms with van der Waals surface area (Å²) < 4.78 is 1.68. The van der Waals surface area contributed by atoms with Crippen molar-refractivity contribution in [3.63, 3.8) is 0 Å².